The number of aryl methyl sites for hydroxylation is 2. The highest BCUT2D eigenvalue weighted by Crippen LogP contribution is 2.19. The number of carbonyl (C=O) groups excluding carboxylic acids is 1. The van der Waals surface area contributed by atoms with Crippen LogP contribution in [0.1, 0.15) is 43.5 Å². The molecule has 1 aromatic heterocycles. The van der Waals surface area contributed by atoms with Crippen LogP contribution in [0.5, 0.6) is 0 Å². The van der Waals surface area contributed by atoms with Gasteiger partial charge in [0.25, 0.3) is 0 Å². The van der Waals surface area contributed by atoms with Crippen LogP contribution in [0.25, 0.3) is 11.0 Å². The van der Waals surface area contributed by atoms with Gasteiger partial charge in [0, 0.05) is 39.3 Å². The zero-order valence-corrected chi connectivity index (χ0v) is 16.6. The zero-order valence-electron chi connectivity index (χ0n) is 16.6. The first-order chi connectivity index (χ1) is 13.1. The van der Waals surface area contributed by atoms with Gasteiger partial charge in [0.05, 0.1) is 17.6 Å². The Bertz CT molecular complexity index is 800. The van der Waals surface area contributed by atoms with Crippen molar-refractivity contribution in [2.45, 2.75) is 51.6 Å². The number of nitrogens with zero attached hydrogens (tertiary/aromatic N) is 4. The molecule has 27 heavy (non-hydrogen) atoms. The number of hydrogen-bond donors (Lipinski definition) is 1. The van der Waals surface area contributed by atoms with Crippen LogP contribution in [0, 0.1) is 6.92 Å². The van der Waals surface area contributed by atoms with Crippen molar-refractivity contribution >= 4 is 17.1 Å². The van der Waals surface area contributed by atoms with Gasteiger partial charge in [-0.15, -0.1) is 0 Å². The first-order valence-electron chi connectivity index (χ1n) is 10.3. The molecule has 2 fully saturated rings. The molecular formula is C21H31N5O. The number of amides is 2. The van der Waals surface area contributed by atoms with Crippen LogP contribution in [0.15, 0.2) is 18.2 Å². The van der Waals surface area contributed by atoms with E-state index < -0.39 is 0 Å². The minimum Gasteiger partial charge on any atom is -0.335 e. The second-order valence-corrected chi connectivity index (χ2v) is 8.13. The zero-order chi connectivity index (χ0) is 18.8. The highest BCUT2D eigenvalue weighted by atomic mass is 16.2. The monoisotopic (exact) mass is 369 g/mol. The van der Waals surface area contributed by atoms with Gasteiger partial charge in [-0.1, -0.05) is 25.3 Å². The standard InChI is InChI=1S/C21H31N5O/c1-16-8-9-19-18(14-16)23-20(24(19)2)15-25-10-12-26(13-11-25)21(27)22-17-6-4-3-5-7-17/h8-9,14,17H,3-7,10-13,15H2,1-2H3,(H,22,27). The van der Waals surface area contributed by atoms with Crippen LogP contribution in [0.4, 0.5) is 4.79 Å². The lowest BCUT2D eigenvalue weighted by atomic mass is 9.96. The van der Waals surface area contributed by atoms with Gasteiger partial charge >= 0.3 is 6.03 Å². The smallest absolute Gasteiger partial charge is 0.317 e. The maximum Gasteiger partial charge on any atom is 0.317 e. The van der Waals surface area contributed by atoms with E-state index in [9.17, 15) is 4.79 Å². The second kappa shape index (κ2) is 7.89. The third-order valence-electron chi connectivity index (χ3n) is 6.09. The molecule has 0 radical (unpaired) electrons. The summed E-state index contributed by atoms with van der Waals surface area (Å²) in [5.74, 6) is 1.09. The maximum atomic E-state index is 12.5. The highest BCUT2D eigenvalue weighted by molar-refractivity contribution is 5.76. The molecule has 1 saturated carbocycles. The maximum absolute atomic E-state index is 12.5. The molecule has 6 heteroatoms. The van der Waals surface area contributed by atoms with Crippen molar-refractivity contribution in [3.8, 4) is 0 Å². The average molecular weight is 370 g/mol. The molecule has 0 unspecified atom stereocenters. The van der Waals surface area contributed by atoms with E-state index in [4.69, 9.17) is 4.98 Å². The number of rotatable bonds is 3. The number of piperazine rings is 1. The van der Waals surface area contributed by atoms with Crippen molar-refractivity contribution in [1.29, 1.82) is 0 Å². The van der Waals surface area contributed by atoms with Gasteiger partial charge in [-0.25, -0.2) is 9.78 Å². The van der Waals surface area contributed by atoms with E-state index in [0.717, 1.165) is 56.9 Å². The number of nitrogens with one attached hydrogen (secondary N) is 1. The fraction of sp³-hybridized carbons (Fsp3) is 0.619. The molecule has 0 atom stereocenters. The van der Waals surface area contributed by atoms with Gasteiger partial charge in [-0.05, 0) is 37.5 Å². The second-order valence-electron chi connectivity index (χ2n) is 8.13. The molecule has 1 N–H and O–H groups in total. The van der Waals surface area contributed by atoms with E-state index in [0.29, 0.717) is 6.04 Å². The van der Waals surface area contributed by atoms with E-state index >= 15 is 0 Å². The van der Waals surface area contributed by atoms with Gasteiger partial charge in [0.2, 0.25) is 0 Å². The molecule has 2 aliphatic rings. The average Bonchev–Trinajstić information content (AvgIpc) is 2.98. The van der Waals surface area contributed by atoms with Crippen molar-refractivity contribution < 1.29 is 4.79 Å². The Hall–Kier alpha value is -2.08. The normalized spacial score (nSPS) is 19.6. The van der Waals surface area contributed by atoms with Gasteiger partial charge in [-0.2, -0.15) is 0 Å². The summed E-state index contributed by atoms with van der Waals surface area (Å²) >= 11 is 0. The molecule has 2 amide bonds. The van der Waals surface area contributed by atoms with Crippen LogP contribution in [-0.4, -0.2) is 57.6 Å². The number of hydrogen-bond acceptors (Lipinski definition) is 3. The Morgan fingerprint density at radius 1 is 1.15 bits per heavy atom. The summed E-state index contributed by atoms with van der Waals surface area (Å²) in [7, 11) is 2.09. The van der Waals surface area contributed by atoms with Crippen molar-refractivity contribution in [1.82, 2.24) is 24.7 Å². The molecule has 1 aliphatic heterocycles. The van der Waals surface area contributed by atoms with E-state index in [1.165, 1.54) is 30.3 Å². The molecule has 2 aromatic rings. The van der Waals surface area contributed by atoms with Crippen molar-refractivity contribution in [3.63, 3.8) is 0 Å². The van der Waals surface area contributed by atoms with Gasteiger partial charge < -0.3 is 14.8 Å². The molecule has 1 aromatic carbocycles. The molecule has 1 saturated heterocycles. The van der Waals surface area contributed by atoms with E-state index in [-0.39, 0.29) is 6.03 Å². The predicted molar refractivity (Wildman–Crippen MR) is 108 cm³/mol. The molecule has 0 bridgehead atoms. The predicted octanol–water partition coefficient (Wildman–Crippen LogP) is 3.04. The summed E-state index contributed by atoms with van der Waals surface area (Å²) < 4.78 is 2.19. The number of imidazole rings is 1. The lowest BCUT2D eigenvalue weighted by molar-refractivity contribution is 0.129. The molecule has 1 aliphatic carbocycles. The van der Waals surface area contributed by atoms with Gasteiger partial charge in [0.15, 0.2) is 0 Å². The summed E-state index contributed by atoms with van der Waals surface area (Å²) in [5.41, 5.74) is 3.49. The highest BCUT2D eigenvalue weighted by Gasteiger charge is 2.24. The Morgan fingerprint density at radius 2 is 1.89 bits per heavy atom. The molecule has 6 nitrogen and oxygen atoms in total. The topological polar surface area (TPSA) is 53.4 Å². The number of carbonyl (C=O) groups is 1. The largest absolute Gasteiger partial charge is 0.335 e. The van der Waals surface area contributed by atoms with E-state index in [1.54, 1.807) is 0 Å². The third kappa shape index (κ3) is 4.10. The van der Waals surface area contributed by atoms with Crippen LogP contribution in [-0.2, 0) is 13.6 Å². The lowest BCUT2D eigenvalue weighted by Crippen LogP contribution is -2.53. The molecule has 146 valence electrons. The number of benzene rings is 1. The van der Waals surface area contributed by atoms with E-state index in [2.05, 4.69) is 47.0 Å². The van der Waals surface area contributed by atoms with Crippen LogP contribution in [0.3, 0.4) is 0 Å². The summed E-state index contributed by atoms with van der Waals surface area (Å²) in [6, 6.07) is 6.94. The summed E-state index contributed by atoms with van der Waals surface area (Å²) in [4.78, 5) is 21.7. The Labute approximate surface area is 161 Å². The van der Waals surface area contributed by atoms with Crippen molar-refractivity contribution in [2.24, 2.45) is 7.05 Å². The Kier molecular flexibility index (Phi) is 5.34. The first kappa shape index (κ1) is 18.3. The first-order valence-corrected chi connectivity index (χ1v) is 10.3. The van der Waals surface area contributed by atoms with Crippen LogP contribution in [0.2, 0.25) is 0 Å². The fourth-order valence-corrected chi connectivity index (χ4v) is 4.32. The summed E-state index contributed by atoms with van der Waals surface area (Å²) in [5, 5.41) is 3.24. The van der Waals surface area contributed by atoms with Crippen molar-refractivity contribution in [3.05, 3.63) is 29.6 Å². The van der Waals surface area contributed by atoms with E-state index in [1.807, 2.05) is 4.90 Å². The van der Waals surface area contributed by atoms with Gasteiger partial charge in [0.1, 0.15) is 5.82 Å². The molecule has 2 heterocycles. The Balaban J connectivity index is 1.31. The van der Waals surface area contributed by atoms with Crippen LogP contribution >= 0.6 is 0 Å². The lowest BCUT2D eigenvalue weighted by Gasteiger charge is -2.35. The fourth-order valence-electron chi connectivity index (χ4n) is 4.32. The molecule has 4 rings (SSSR count). The number of urea groups is 1. The number of fused-ring (bicyclic) bond motifs is 1. The molecular weight excluding hydrogens is 338 g/mol. The van der Waals surface area contributed by atoms with Gasteiger partial charge in [-0.3, -0.25) is 4.90 Å². The van der Waals surface area contributed by atoms with Crippen molar-refractivity contribution in [2.75, 3.05) is 26.2 Å². The minimum absolute atomic E-state index is 0.125. The van der Waals surface area contributed by atoms with Crippen LogP contribution < -0.4 is 5.32 Å². The quantitative estimate of drug-likeness (QED) is 0.905. The third-order valence-corrected chi connectivity index (χ3v) is 6.09. The minimum atomic E-state index is 0.125. The summed E-state index contributed by atoms with van der Waals surface area (Å²) in [6.07, 6.45) is 6.08. The Morgan fingerprint density at radius 3 is 2.63 bits per heavy atom. The molecule has 0 spiro atoms. The summed E-state index contributed by atoms with van der Waals surface area (Å²) in [6.45, 7) is 6.33. The SMILES string of the molecule is Cc1ccc2c(c1)nc(CN1CCN(C(=O)NC3CCCCC3)CC1)n2C. The number of aromatic nitrogens is 2.